The fourth-order valence-electron chi connectivity index (χ4n) is 2.26. The molecule has 2 aromatic carbocycles. The van der Waals surface area contributed by atoms with E-state index in [1.54, 1.807) is 38.1 Å². The summed E-state index contributed by atoms with van der Waals surface area (Å²) < 4.78 is 5.80. The van der Waals surface area contributed by atoms with Gasteiger partial charge >= 0.3 is 0 Å². The van der Waals surface area contributed by atoms with Crippen molar-refractivity contribution >= 4 is 23.2 Å². The maximum atomic E-state index is 12.5. The molecule has 0 aliphatic carbocycles. The van der Waals surface area contributed by atoms with Crippen molar-refractivity contribution in [3.05, 3.63) is 59.1 Å². The lowest BCUT2D eigenvalue weighted by atomic mass is 9.98. The maximum Gasteiger partial charge on any atom is 0.267 e. The fourth-order valence-corrected chi connectivity index (χ4v) is 2.38. The summed E-state index contributed by atoms with van der Waals surface area (Å²) in [5.41, 5.74) is 1.04. The molecule has 0 heterocycles. The highest BCUT2D eigenvalue weighted by molar-refractivity contribution is 6.30. The van der Waals surface area contributed by atoms with Crippen molar-refractivity contribution in [1.82, 2.24) is 0 Å². The number of hydrogen-bond donors (Lipinski definition) is 1. The lowest BCUT2D eigenvalue weighted by Gasteiger charge is -2.25. The van der Waals surface area contributed by atoms with Gasteiger partial charge in [0.15, 0.2) is 5.60 Å². The number of amides is 1. The maximum absolute atomic E-state index is 12.5. The molecule has 2 rings (SSSR count). The average molecular weight is 346 g/mol. The number of rotatable bonds is 6. The van der Waals surface area contributed by atoms with Gasteiger partial charge < -0.3 is 10.1 Å². The van der Waals surface area contributed by atoms with E-state index in [4.69, 9.17) is 16.3 Å². The van der Waals surface area contributed by atoms with Crippen LogP contribution in [0.1, 0.15) is 45.6 Å². The normalized spacial score (nSPS) is 12.5. The molecule has 0 aromatic heterocycles. The summed E-state index contributed by atoms with van der Waals surface area (Å²) in [6.07, 6.45) is 1.09. The Kier molecular flexibility index (Phi) is 5.89. The molecule has 0 saturated carbocycles. The van der Waals surface area contributed by atoms with Gasteiger partial charge in [0.1, 0.15) is 5.75 Å². The van der Waals surface area contributed by atoms with Gasteiger partial charge in [0.05, 0.1) is 0 Å². The summed E-state index contributed by atoms with van der Waals surface area (Å²) in [4.78, 5) is 12.5. The van der Waals surface area contributed by atoms with Crippen LogP contribution in [0.25, 0.3) is 0 Å². The SMILES string of the molecule is CCC(C)c1ccc(NC(=O)C(C)(C)Oc2ccc(Cl)cc2)cc1. The third-order valence-corrected chi connectivity index (χ3v) is 4.34. The van der Waals surface area contributed by atoms with Crippen LogP contribution in [0.5, 0.6) is 5.75 Å². The van der Waals surface area contributed by atoms with E-state index in [9.17, 15) is 4.79 Å². The van der Waals surface area contributed by atoms with Gasteiger partial charge in [0.25, 0.3) is 5.91 Å². The van der Waals surface area contributed by atoms with Gasteiger partial charge in [0.2, 0.25) is 0 Å². The molecule has 24 heavy (non-hydrogen) atoms. The molecule has 0 aliphatic heterocycles. The number of nitrogens with one attached hydrogen (secondary N) is 1. The van der Waals surface area contributed by atoms with E-state index >= 15 is 0 Å². The zero-order valence-corrected chi connectivity index (χ0v) is 15.4. The smallest absolute Gasteiger partial charge is 0.267 e. The Hall–Kier alpha value is -2.00. The number of carbonyl (C=O) groups is 1. The van der Waals surface area contributed by atoms with Crippen LogP contribution < -0.4 is 10.1 Å². The van der Waals surface area contributed by atoms with E-state index in [1.807, 2.05) is 12.1 Å². The molecule has 2 aromatic rings. The van der Waals surface area contributed by atoms with Gasteiger partial charge in [-0.2, -0.15) is 0 Å². The number of benzene rings is 2. The first kappa shape index (κ1) is 18.3. The van der Waals surface area contributed by atoms with Crippen LogP contribution in [0.2, 0.25) is 5.02 Å². The van der Waals surface area contributed by atoms with Crippen molar-refractivity contribution in [3.8, 4) is 5.75 Å². The highest BCUT2D eigenvalue weighted by Crippen LogP contribution is 2.23. The number of ether oxygens (including phenoxy) is 1. The molecule has 0 spiro atoms. The molecule has 0 radical (unpaired) electrons. The monoisotopic (exact) mass is 345 g/mol. The minimum atomic E-state index is -0.997. The van der Waals surface area contributed by atoms with Crippen LogP contribution in [0.4, 0.5) is 5.69 Å². The molecular weight excluding hydrogens is 322 g/mol. The highest BCUT2D eigenvalue weighted by Gasteiger charge is 2.30. The van der Waals surface area contributed by atoms with Crippen molar-refractivity contribution in [2.75, 3.05) is 5.32 Å². The largest absolute Gasteiger partial charge is 0.478 e. The molecule has 0 bridgehead atoms. The molecule has 1 N–H and O–H groups in total. The van der Waals surface area contributed by atoms with E-state index in [-0.39, 0.29) is 5.91 Å². The van der Waals surface area contributed by atoms with Crippen molar-refractivity contribution in [1.29, 1.82) is 0 Å². The lowest BCUT2D eigenvalue weighted by molar-refractivity contribution is -0.128. The molecule has 1 amide bonds. The predicted molar refractivity (Wildman–Crippen MR) is 99.9 cm³/mol. The second-order valence-corrected chi connectivity index (χ2v) is 6.89. The van der Waals surface area contributed by atoms with Crippen molar-refractivity contribution < 1.29 is 9.53 Å². The van der Waals surface area contributed by atoms with Crippen LogP contribution in [0.3, 0.4) is 0 Å². The molecule has 3 nitrogen and oxygen atoms in total. The molecule has 1 atom stereocenters. The van der Waals surface area contributed by atoms with Gasteiger partial charge in [-0.15, -0.1) is 0 Å². The lowest BCUT2D eigenvalue weighted by Crippen LogP contribution is -2.42. The van der Waals surface area contributed by atoms with Crippen LogP contribution in [-0.4, -0.2) is 11.5 Å². The molecule has 0 saturated heterocycles. The molecule has 0 fully saturated rings. The first-order valence-corrected chi connectivity index (χ1v) is 8.55. The number of anilines is 1. The Bertz CT molecular complexity index is 678. The van der Waals surface area contributed by atoms with Crippen LogP contribution >= 0.6 is 11.6 Å². The topological polar surface area (TPSA) is 38.3 Å². The molecule has 1 unspecified atom stereocenters. The van der Waals surface area contributed by atoms with E-state index in [1.165, 1.54) is 5.56 Å². The van der Waals surface area contributed by atoms with Gasteiger partial charge in [-0.25, -0.2) is 0 Å². The van der Waals surface area contributed by atoms with E-state index in [0.717, 1.165) is 12.1 Å². The Morgan fingerprint density at radius 2 is 1.71 bits per heavy atom. The summed E-state index contributed by atoms with van der Waals surface area (Å²) >= 11 is 5.86. The van der Waals surface area contributed by atoms with Crippen molar-refractivity contribution in [2.45, 2.75) is 45.6 Å². The van der Waals surface area contributed by atoms with Gasteiger partial charge in [-0.1, -0.05) is 37.6 Å². The van der Waals surface area contributed by atoms with Crippen molar-refractivity contribution in [2.24, 2.45) is 0 Å². The predicted octanol–water partition coefficient (Wildman–Crippen LogP) is 5.65. The minimum absolute atomic E-state index is 0.200. The van der Waals surface area contributed by atoms with Gasteiger partial charge in [-0.3, -0.25) is 4.79 Å². The summed E-state index contributed by atoms with van der Waals surface area (Å²) in [5.74, 6) is 0.917. The second-order valence-electron chi connectivity index (χ2n) is 6.45. The van der Waals surface area contributed by atoms with Gasteiger partial charge in [0, 0.05) is 10.7 Å². The van der Waals surface area contributed by atoms with Crippen LogP contribution in [-0.2, 0) is 4.79 Å². The highest BCUT2D eigenvalue weighted by atomic mass is 35.5. The fraction of sp³-hybridized carbons (Fsp3) is 0.350. The molecule has 4 heteroatoms. The summed E-state index contributed by atoms with van der Waals surface area (Å²) in [7, 11) is 0. The summed E-state index contributed by atoms with van der Waals surface area (Å²) in [6.45, 7) is 7.84. The van der Waals surface area contributed by atoms with E-state index < -0.39 is 5.60 Å². The first-order chi connectivity index (χ1) is 11.3. The Balaban J connectivity index is 2.03. The van der Waals surface area contributed by atoms with Crippen LogP contribution in [0, 0.1) is 0 Å². The summed E-state index contributed by atoms with van der Waals surface area (Å²) in [6, 6.07) is 14.9. The Morgan fingerprint density at radius 3 is 2.25 bits per heavy atom. The number of halogens is 1. The average Bonchev–Trinajstić information content (AvgIpc) is 2.56. The number of hydrogen-bond acceptors (Lipinski definition) is 2. The molecular formula is C20H24ClNO2. The Labute approximate surface area is 149 Å². The standard InChI is InChI=1S/C20H24ClNO2/c1-5-14(2)15-6-10-17(11-7-15)22-19(23)20(3,4)24-18-12-8-16(21)9-13-18/h6-14H,5H2,1-4H3,(H,22,23). The zero-order valence-electron chi connectivity index (χ0n) is 14.6. The Morgan fingerprint density at radius 1 is 1.12 bits per heavy atom. The van der Waals surface area contributed by atoms with E-state index in [2.05, 4.69) is 31.3 Å². The van der Waals surface area contributed by atoms with Gasteiger partial charge in [-0.05, 0) is 68.1 Å². The molecule has 0 aliphatic rings. The molecule has 128 valence electrons. The van der Waals surface area contributed by atoms with Crippen LogP contribution in [0.15, 0.2) is 48.5 Å². The quantitative estimate of drug-likeness (QED) is 0.734. The number of carbonyl (C=O) groups excluding carboxylic acids is 1. The first-order valence-electron chi connectivity index (χ1n) is 8.18. The second kappa shape index (κ2) is 7.71. The third kappa shape index (κ3) is 4.75. The third-order valence-electron chi connectivity index (χ3n) is 4.08. The van der Waals surface area contributed by atoms with Crippen molar-refractivity contribution in [3.63, 3.8) is 0 Å². The summed E-state index contributed by atoms with van der Waals surface area (Å²) in [5, 5.41) is 3.54. The zero-order chi connectivity index (χ0) is 17.7. The van der Waals surface area contributed by atoms with E-state index in [0.29, 0.717) is 16.7 Å². The minimum Gasteiger partial charge on any atom is -0.478 e.